The maximum atomic E-state index is 12.9. The van der Waals surface area contributed by atoms with Crippen molar-refractivity contribution in [1.29, 1.82) is 0 Å². The lowest BCUT2D eigenvalue weighted by Gasteiger charge is -2.21. The Morgan fingerprint density at radius 3 is 2.42 bits per heavy atom. The number of rotatable bonds is 9. The van der Waals surface area contributed by atoms with Crippen LogP contribution in [0.25, 0.3) is 0 Å². The highest BCUT2D eigenvalue weighted by Crippen LogP contribution is 2.20. The lowest BCUT2D eigenvalue weighted by atomic mass is 9.88. The van der Waals surface area contributed by atoms with Crippen LogP contribution in [0.2, 0.25) is 0 Å². The number of hydrogen-bond donors (Lipinski definition) is 1. The average molecular weight is 265 g/mol. The average Bonchev–Trinajstić information content (AvgIpc) is 2.39. The molecule has 0 aromatic heterocycles. The van der Waals surface area contributed by atoms with E-state index in [9.17, 15) is 4.39 Å². The van der Waals surface area contributed by atoms with Gasteiger partial charge in [-0.15, -0.1) is 0 Å². The summed E-state index contributed by atoms with van der Waals surface area (Å²) in [6.45, 7) is 8.80. The zero-order chi connectivity index (χ0) is 14.1. The minimum atomic E-state index is -0.147. The summed E-state index contributed by atoms with van der Waals surface area (Å²) in [5, 5.41) is 3.45. The Balaban J connectivity index is 2.54. The molecule has 0 heterocycles. The van der Waals surface area contributed by atoms with E-state index in [2.05, 4.69) is 26.1 Å². The zero-order valence-corrected chi connectivity index (χ0v) is 12.6. The minimum absolute atomic E-state index is 0.147. The highest BCUT2D eigenvalue weighted by atomic mass is 19.1. The lowest BCUT2D eigenvalue weighted by molar-refractivity contribution is 0.356. The molecule has 2 atom stereocenters. The highest BCUT2D eigenvalue weighted by Gasteiger charge is 2.13. The third-order valence-electron chi connectivity index (χ3n) is 3.64. The molecule has 0 saturated heterocycles. The van der Waals surface area contributed by atoms with Gasteiger partial charge in [0.15, 0.2) is 0 Å². The van der Waals surface area contributed by atoms with Gasteiger partial charge in [0.25, 0.3) is 0 Å². The molecule has 2 unspecified atom stereocenters. The van der Waals surface area contributed by atoms with Crippen LogP contribution in [-0.2, 0) is 6.42 Å². The largest absolute Gasteiger partial charge is 0.317 e. The van der Waals surface area contributed by atoms with Crippen molar-refractivity contribution in [3.8, 4) is 0 Å². The van der Waals surface area contributed by atoms with Crippen LogP contribution in [-0.4, -0.2) is 13.1 Å². The Kier molecular flexibility index (Phi) is 7.73. The second-order valence-corrected chi connectivity index (χ2v) is 5.63. The van der Waals surface area contributed by atoms with Crippen LogP contribution in [0.15, 0.2) is 24.3 Å². The molecule has 0 amide bonds. The fourth-order valence-corrected chi connectivity index (χ4v) is 2.72. The summed E-state index contributed by atoms with van der Waals surface area (Å²) in [5.74, 6) is 1.27. The molecule has 0 saturated carbocycles. The molecule has 0 bridgehead atoms. The van der Waals surface area contributed by atoms with Crippen molar-refractivity contribution < 1.29 is 4.39 Å². The summed E-state index contributed by atoms with van der Waals surface area (Å²) in [6, 6.07) is 6.96. The molecule has 1 aromatic rings. The SMILES string of the molecule is CCCC(C)CC(CNCC)Cc1ccc(F)cc1. The Hall–Kier alpha value is -0.890. The van der Waals surface area contributed by atoms with Gasteiger partial charge < -0.3 is 5.32 Å². The normalized spacial score (nSPS) is 14.3. The summed E-state index contributed by atoms with van der Waals surface area (Å²) in [5.41, 5.74) is 1.24. The lowest BCUT2D eigenvalue weighted by Crippen LogP contribution is -2.25. The van der Waals surface area contributed by atoms with E-state index in [4.69, 9.17) is 0 Å². The van der Waals surface area contributed by atoms with E-state index in [1.807, 2.05) is 12.1 Å². The number of hydrogen-bond acceptors (Lipinski definition) is 1. The Morgan fingerprint density at radius 1 is 1.16 bits per heavy atom. The Bertz CT molecular complexity index is 334. The molecule has 1 rings (SSSR count). The first-order valence-electron chi connectivity index (χ1n) is 7.60. The van der Waals surface area contributed by atoms with Crippen LogP contribution in [0.4, 0.5) is 4.39 Å². The van der Waals surface area contributed by atoms with Gasteiger partial charge in [0, 0.05) is 0 Å². The molecule has 1 N–H and O–H groups in total. The van der Waals surface area contributed by atoms with Gasteiger partial charge in [0.2, 0.25) is 0 Å². The summed E-state index contributed by atoms with van der Waals surface area (Å²) >= 11 is 0. The maximum absolute atomic E-state index is 12.9. The van der Waals surface area contributed by atoms with E-state index in [0.29, 0.717) is 5.92 Å². The van der Waals surface area contributed by atoms with Crippen LogP contribution >= 0.6 is 0 Å². The molecular weight excluding hydrogens is 237 g/mol. The molecule has 19 heavy (non-hydrogen) atoms. The Labute approximate surface area is 117 Å². The van der Waals surface area contributed by atoms with Crippen molar-refractivity contribution >= 4 is 0 Å². The predicted molar refractivity (Wildman–Crippen MR) is 80.8 cm³/mol. The molecule has 0 aliphatic rings. The Morgan fingerprint density at radius 2 is 1.84 bits per heavy atom. The third kappa shape index (κ3) is 6.72. The van der Waals surface area contributed by atoms with Crippen molar-refractivity contribution in [3.63, 3.8) is 0 Å². The fourth-order valence-electron chi connectivity index (χ4n) is 2.72. The molecule has 1 aromatic carbocycles. The molecule has 0 fully saturated rings. The van der Waals surface area contributed by atoms with E-state index in [1.165, 1.54) is 24.8 Å². The molecule has 1 nitrogen and oxygen atoms in total. The van der Waals surface area contributed by atoms with Gasteiger partial charge in [0.05, 0.1) is 0 Å². The number of nitrogens with one attached hydrogen (secondary N) is 1. The first-order chi connectivity index (χ1) is 9.15. The summed E-state index contributed by atoms with van der Waals surface area (Å²) in [7, 11) is 0. The van der Waals surface area contributed by atoms with Gasteiger partial charge in [-0.05, 0) is 55.5 Å². The minimum Gasteiger partial charge on any atom is -0.317 e. The van der Waals surface area contributed by atoms with E-state index in [1.54, 1.807) is 12.1 Å². The second kappa shape index (κ2) is 9.08. The molecule has 0 radical (unpaired) electrons. The second-order valence-electron chi connectivity index (χ2n) is 5.63. The van der Waals surface area contributed by atoms with Gasteiger partial charge in [0.1, 0.15) is 5.82 Å². The predicted octanol–water partition coefficient (Wildman–Crippen LogP) is 4.42. The first kappa shape index (κ1) is 16.2. The van der Waals surface area contributed by atoms with Gasteiger partial charge >= 0.3 is 0 Å². The van der Waals surface area contributed by atoms with Crippen LogP contribution < -0.4 is 5.32 Å². The first-order valence-corrected chi connectivity index (χ1v) is 7.60. The van der Waals surface area contributed by atoms with Crippen LogP contribution in [0.1, 0.15) is 45.6 Å². The summed E-state index contributed by atoms with van der Waals surface area (Å²) in [6.07, 6.45) is 4.84. The topological polar surface area (TPSA) is 12.0 Å². The van der Waals surface area contributed by atoms with Crippen LogP contribution in [0, 0.1) is 17.7 Å². The highest BCUT2D eigenvalue weighted by molar-refractivity contribution is 5.16. The van der Waals surface area contributed by atoms with E-state index in [-0.39, 0.29) is 5.82 Å². The third-order valence-corrected chi connectivity index (χ3v) is 3.64. The molecule has 0 aliphatic carbocycles. The van der Waals surface area contributed by atoms with Gasteiger partial charge in [-0.25, -0.2) is 4.39 Å². The van der Waals surface area contributed by atoms with Crippen molar-refractivity contribution in [2.45, 2.75) is 46.5 Å². The van der Waals surface area contributed by atoms with Gasteiger partial charge in [-0.1, -0.05) is 45.7 Å². The van der Waals surface area contributed by atoms with E-state index < -0.39 is 0 Å². The number of halogens is 1. The van der Waals surface area contributed by atoms with Gasteiger partial charge in [-0.2, -0.15) is 0 Å². The molecular formula is C17H28FN. The van der Waals surface area contributed by atoms with Crippen molar-refractivity contribution in [2.75, 3.05) is 13.1 Å². The van der Waals surface area contributed by atoms with E-state index in [0.717, 1.165) is 25.4 Å². The van der Waals surface area contributed by atoms with Crippen molar-refractivity contribution in [1.82, 2.24) is 5.32 Å². The maximum Gasteiger partial charge on any atom is 0.123 e. The zero-order valence-electron chi connectivity index (χ0n) is 12.6. The number of benzene rings is 1. The monoisotopic (exact) mass is 265 g/mol. The standard InChI is InChI=1S/C17H28FN/c1-4-6-14(3)11-16(13-19-5-2)12-15-7-9-17(18)10-8-15/h7-10,14,16,19H,4-6,11-13H2,1-3H3. The quantitative estimate of drug-likeness (QED) is 0.697. The smallest absolute Gasteiger partial charge is 0.123 e. The molecule has 108 valence electrons. The van der Waals surface area contributed by atoms with Gasteiger partial charge in [-0.3, -0.25) is 0 Å². The van der Waals surface area contributed by atoms with Crippen LogP contribution in [0.3, 0.4) is 0 Å². The molecule has 2 heteroatoms. The van der Waals surface area contributed by atoms with Crippen molar-refractivity contribution in [2.24, 2.45) is 11.8 Å². The summed E-state index contributed by atoms with van der Waals surface area (Å²) in [4.78, 5) is 0. The fraction of sp³-hybridized carbons (Fsp3) is 0.647. The summed E-state index contributed by atoms with van der Waals surface area (Å²) < 4.78 is 12.9. The molecule has 0 spiro atoms. The van der Waals surface area contributed by atoms with Crippen molar-refractivity contribution in [3.05, 3.63) is 35.6 Å². The van der Waals surface area contributed by atoms with Crippen LogP contribution in [0.5, 0.6) is 0 Å². The van der Waals surface area contributed by atoms with E-state index >= 15 is 0 Å². The molecule has 0 aliphatic heterocycles.